The van der Waals surface area contributed by atoms with Gasteiger partial charge in [0, 0.05) is 17.6 Å². The number of aromatic nitrogens is 3. The minimum absolute atomic E-state index is 0.209. The molecule has 5 rings (SSSR count). The van der Waals surface area contributed by atoms with Crippen molar-refractivity contribution in [3.05, 3.63) is 65.5 Å². The molecule has 2 aliphatic rings. The molecule has 0 aliphatic heterocycles. The Morgan fingerprint density at radius 3 is 2.87 bits per heavy atom. The first-order valence-corrected chi connectivity index (χ1v) is 12.0. The number of nitrogens with two attached hydrogens (primary N) is 1. The van der Waals surface area contributed by atoms with Crippen molar-refractivity contribution in [1.29, 1.82) is 0 Å². The summed E-state index contributed by atoms with van der Waals surface area (Å²) in [5.41, 5.74) is 3.67. The first-order valence-electron chi connectivity index (χ1n) is 10.3. The predicted molar refractivity (Wildman–Crippen MR) is 117 cm³/mol. The monoisotopic (exact) mass is 423 g/mol. The fraction of sp³-hybridized carbons (Fsp3) is 0.364. The van der Waals surface area contributed by atoms with Crippen LogP contribution in [0.25, 0.3) is 11.0 Å². The van der Waals surface area contributed by atoms with Gasteiger partial charge in [-0.2, -0.15) is 0 Å². The van der Waals surface area contributed by atoms with Crippen molar-refractivity contribution in [1.82, 2.24) is 14.5 Å². The Kier molecular flexibility index (Phi) is 4.83. The number of hydrogen-bond acceptors (Lipinski definition) is 5. The highest BCUT2D eigenvalue weighted by molar-refractivity contribution is 7.92. The molecule has 30 heavy (non-hydrogen) atoms. The average Bonchev–Trinajstić information content (AvgIpc) is 3.44. The molecule has 3 aromatic rings. The molecule has 3 N–H and O–H groups in total. The van der Waals surface area contributed by atoms with Gasteiger partial charge < -0.3 is 9.88 Å². The van der Waals surface area contributed by atoms with Crippen molar-refractivity contribution in [2.75, 3.05) is 5.32 Å². The van der Waals surface area contributed by atoms with Crippen LogP contribution < -0.4 is 10.5 Å². The molecule has 7 nitrogen and oxygen atoms in total. The van der Waals surface area contributed by atoms with E-state index in [-0.39, 0.29) is 18.0 Å². The van der Waals surface area contributed by atoms with E-state index in [1.54, 1.807) is 12.4 Å². The third-order valence-electron chi connectivity index (χ3n) is 6.33. The number of allylic oxidation sites excluding steroid dienone is 1. The van der Waals surface area contributed by atoms with Crippen LogP contribution in [-0.4, -0.2) is 23.0 Å². The molecule has 0 unspecified atom stereocenters. The molecule has 0 spiro atoms. The number of anilines is 1. The summed E-state index contributed by atoms with van der Waals surface area (Å²) in [5, 5.41) is 10.9. The number of fused-ring (bicyclic) bond motifs is 2. The van der Waals surface area contributed by atoms with Crippen LogP contribution in [0.2, 0.25) is 0 Å². The smallest absolute Gasteiger partial charge is 0.230 e. The second-order valence-electron chi connectivity index (χ2n) is 8.26. The maximum absolute atomic E-state index is 11.2. The van der Waals surface area contributed by atoms with Crippen LogP contribution in [0, 0.1) is 5.92 Å². The first-order chi connectivity index (χ1) is 14.5. The third kappa shape index (κ3) is 3.73. The summed E-state index contributed by atoms with van der Waals surface area (Å²) in [5.74, 6) is 1.07. The summed E-state index contributed by atoms with van der Waals surface area (Å²) in [6.07, 6.45) is 10.3. The third-order valence-corrected chi connectivity index (χ3v) is 6.87. The Hall–Kier alpha value is -2.71. The highest BCUT2D eigenvalue weighted by Gasteiger charge is 2.27. The average molecular weight is 424 g/mol. The molecule has 1 saturated carbocycles. The molecule has 0 amide bonds. The molecule has 2 heterocycles. The Balaban J connectivity index is 1.38. The van der Waals surface area contributed by atoms with Gasteiger partial charge in [0.2, 0.25) is 10.0 Å². The van der Waals surface area contributed by atoms with Gasteiger partial charge in [0.05, 0.1) is 11.4 Å². The predicted octanol–water partition coefficient (Wildman–Crippen LogP) is 3.67. The number of aryl methyl sites for hydroxylation is 1. The summed E-state index contributed by atoms with van der Waals surface area (Å²) in [7, 11) is -3.57. The van der Waals surface area contributed by atoms with Gasteiger partial charge in [0.1, 0.15) is 17.8 Å². The molecule has 156 valence electrons. The lowest BCUT2D eigenvalue weighted by atomic mass is 10.1. The number of benzene rings is 1. The van der Waals surface area contributed by atoms with Gasteiger partial charge in [-0.05, 0) is 55.2 Å². The molecule has 0 radical (unpaired) electrons. The van der Waals surface area contributed by atoms with Gasteiger partial charge >= 0.3 is 0 Å². The van der Waals surface area contributed by atoms with Crippen molar-refractivity contribution in [3.8, 4) is 0 Å². The molecule has 2 aliphatic carbocycles. The molecule has 0 saturated heterocycles. The van der Waals surface area contributed by atoms with Crippen LogP contribution >= 0.6 is 0 Å². The Bertz CT molecular complexity index is 1220. The Morgan fingerprint density at radius 2 is 2.00 bits per heavy atom. The van der Waals surface area contributed by atoms with E-state index in [1.807, 2.05) is 0 Å². The minimum Gasteiger partial charge on any atom is -0.363 e. The molecule has 0 bridgehead atoms. The zero-order valence-corrected chi connectivity index (χ0v) is 17.4. The van der Waals surface area contributed by atoms with E-state index in [0.717, 1.165) is 54.4 Å². The van der Waals surface area contributed by atoms with Gasteiger partial charge in [0.25, 0.3) is 0 Å². The zero-order valence-electron chi connectivity index (χ0n) is 16.6. The topological polar surface area (TPSA) is 103 Å². The maximum Gasteiger partial charge on any atom is 0.230 e. The molecule has 1 fully saturated rings. The van der Waals surface area contributed by atoms with Crippen LogP contribution in [-0.2, 0) is 16.4 Å². The lowest BCUT2D eigenvalue weighted by Gasteiger charge is -2.16. The van der Waals surface area contributed by atoms with Crippen molar-refractivity contribution in [2.45, 2.75) is 44.2 Å². The maximum atomic E-state index is 11.2. The summed E-state index contributed by atoms with van der Waals surface area (Å²) in [6, 6.07) is 11.2. The molecule has 2 aromatic heterocycles. The lowest BCUT2D eigenvalue weighted by molar-refractivity contribution is 0.518. The van der Waals surface area contributed by atoms with Crippen molar-refractivity contribution >= 4 is 26.9 Å². The van der Waals surface area contributed by atoms with E-state index in [1.165, 1.54) is 11.1 Å². The summed E-state index contributed by atoms with van der Waals surface area (Å²) in [6.45, 7) is 0. The van der Waals surface area contributed by atoms with Gasteiger partial charge in [-0.15, -0.1) is 0 Å². The number of nitrogens with one attached hydrogen (secondary N) is 1. The van der Waals surface area contributed by atoms with Crippen molar-refractivity contribution in [3.63, 3.8) is 0 Å². The zero-order chi connectivity index (χ0) is 20.7. The number of rotatable bonds is 5. The number of nitrogens with zero attached hydrogens (tertiary/aromatic N) is 3. The van der Waals surface area contributed by atoms with Crippen LogP contribution in [0.15, 0.2) is 54.3 Å². The fourth-order valence-corrected chi connectivity index (χ4v) is 5.33. The summed E-state index contributed by atoms with van der Waals surface area (Å²) >= 11 is 0. The Labute approximate surface area is 176 Å². The Morgan fingerprint density at radius 1 is 1.13 bits per heavy atom. The minimum atomic E-state index is -3.57. The van der Waals surface area contributed by atoms with E-state index in [2.05, 4.69) is 56.4 Å². The number of primary sulfonamides is 1. The molecular weight excluding hydrogens is 398 g/mol. The number of hydrogen-bond donors (Lipinski definition) is 2. The second kappa shape index (κ2) is 7.52. The lowest BCUT2D eigenvalue weighted by Crippen LogP contribution is -2.10. The van der Waals surface area contributed by atoms with Crippen LogP contribution in [0.1, 0.15) is 48.9 Å². The van der Waals surface area contributed by atoms with Crippen molar-refractivity contribution in [2.24, 2.45) is 11.1 Å². The molecule has 8 heteroatoms. The van der Waals surface area contributed by atoms with Gasteiger partial charge in [-0.3, -0.25) is 0 Å². The summed E-state index contributed by atoms with van der Waals surface area (Å²) in [4.78, 5) is 9.08. The van der Waals surface area contributed by atoms with E-state index in [4.69, 9.17) is 5.14 Å². The molecular formula is C22H25N5O2S. The quantitative estimate of drug-likeness (QED) is 0.652. The first kappa shape index (κ1) is 19.3. The highest BCUT2D eigenvalue weighted by atomic mass is 32.2. The highest BCUT2D eigenvalue weighted by Crippen LogP contribution is 2.39. The SMILES string of the molecule is NS(=O)(=O)/C=C/[C@H]1CC[C@H](n2ccc3c(N[C@H]4CCc5ccccc54)ncnc32)C1. The van der Waals surface area contributed by atoms with Crippen molar-refractivity contribution < 1.29 is 8.42 Å². The van der Waals surface area contributed by atoms with Gasteiger partial charge in [-0.1, -0.05) is 30.3 Å². The van der Waals surface area contributed by atoms with E-state index < -0.39 is 10.0 Å². The second-order valence-corrected chi connectivity index (χ2v) is 9.71. The van der Waals surface area contributed by atoms with Gasteiger partial charge in [0.15, 0.2) is 0 Å². The van der Waals surface area contributed by atoms with Gasteiger partial charge in [-0.25, -0.2) is 23.5 Å². The van der Waals surface area contributed by atoms with Crippen LogP contribution in [0.4, 0.5) is 5.82 Å². The number of sulfonamides is 1. The standard InChI is InChI=1S/C22H25N5O2S/c23-30(28,29)12-10-15-5-7-17(13-15)27-11-9-19-21(24-14-25-22(19)27)26-20-8-6-16-3-1-2-4-18(16)20/h1-4,9-12,14-15,17,20H,5-8,13H2,(H2,23,28,29)(H,24,25,26)/b12-10+/t15-,17+,20+/m1/s1. The molecule has 1 aromatic carbocycles. The van der Waals surface area contributed by atoms with E-state index in [9.17, 15) is 8.42 Å². The normalized spacial score (nSPS) is 24.0. The van der Waals surface area contributed by atoms with E-state index >= 15 is 0 Å². The van der Waals surface area contributed by atoms with Crippen LogP contribution in [0.3, 0.4) is 0 Å². The van der Waals surface area contributed by atoms with E-state index in [0.29, 0.717) is 0 Å². The summed E-state index contributed by atoms with van der Waals surface area (Å²) < 4.78 is 24.6. The molecule has 3 atom stereocenters. The fourth-order valence-electron chi connectivity index (χ4n) is 4.89. The van der Waals surface area contributed by atoms with Crippen LogP contribution in [0.5, 0.6) is 0 Å². The largest absolute Gasteiger partial charge is 0.363 e.